The summed E-state index contributed by atoms with van der Waals surface area (Å²) in [4.78, 5) is 11.7. The van der Waals surface area contributed by atoms with E-state index < -0.39 is 10.1 Å². The molecular weight excluding hydrogens is 426 g/mol. The highest BCUT2D eigenvalue weighted by molar-refractivity contribution is 7.86. The maximum Gasteiger partial charge on any atom is 0.407 e. The Morgan fingerprint density at radius 1 is 1.12 bits per heavy atom. The first-order chi connectivity index (χ1) is 15.3. The van der Waals surface area contributed by atoms with Gasteiger partial charge in [-0.3, -0.25) is 4.18 Å². The highest BCUT2D eigenvalue weighted by atomic mass is 32.2. The van der Waals surface area contributed by atoms with Crippen molar-refractivity contribution in [1.29, 1.82) is 0 Å². The molecule has 0 unspecified atom stereocenters. The molecule has 1 amide bonds. The van der Waals surface area contributed by atoms with Gasteiger partial charge in [0.2, 0.25) is 0 Å². The van der Waals surface area contributed by atoms with E-state index >= 15 is 0 Å². The molecule has 3 aliphatic rings. The molecule has 1 aliphatic heterocycles. The number of fused-ring (bicyclic) bond motifs is 1. The molecule has 32 heavy (non-hydrogen) atoms. The fourth-order valence-electron chi connectivity index (χ4n) is 5.35. The van der Waals surface area contributed by atoms with E-state index in [9.17, 15) is 13.2 Å². The molecule has 1 saturated heterocycles. The SMILES string of the molecule is Cc1ccc(S(=O)(=O)OC[C@@H]2CCc3cc([C@@H]4CC[C@]5(COC(=O)N5)C4)ccc3C2)cc1. The van der Waals surface area contributed by atoms with Crippen LogP contribution in [0.5, 0.6) is 0 Å². The van der Waals surface area contributed by atoms with Gasteiger partial charge in [-0.1, -0.05) is 35.9 Å². The largest absolute Gasteiger partial charge is 0.447 e. The van der Waals surface area contributed by atoms with Gasteiger partial charge in [-0.2, -0.15) is 8.42 Å². The number of cyclic esters (lactones) is 1. The molecule has 0 bridgehead atoms. The lowest BCUT2D eigenvalue weighted by Crippen LogP contribution is -2.40. The monoisotopic (exact) mass is 455 g/mol. The van der Waals surface area contributed by atoms with E-state index in [1.807, 2.05) is 6.92 Å². The van der Waals surface area contributed by atoms with Crippen molar-refractivity contribution < 1.29 is 22.1 Å². The number of hydrogen-bond donors (Lipinski definition) is 1. The lowest BCUT2D eigenvalue weighted by molar-refractivity contribution is 0.172. The van der Waals surface area contributed by atoms with Crippen LogP contribution < -0.4 is 5.32 Å². The molecule has 3 atom stereocenters. The number of rotatable bonds is 5. The Hall–Kier alpha value is -2.38. The molecule has 1 saturated carbocycles. The van der Waals surface area contributed by atoms with Crippen LogP contribution in [-0.2, 0) is 31.9 Å². The summed E-state index contributed by atoms with van der Waals surface area (Å²) in [7, 11) is -3.73. The van der Waals surface area contributed by atoms with Crippen molar-refractivity contribution >= 4 is 16.2 Å². The average molecular weight is 456 g/mol. The van der Waals surface area contributed by atoms with E-state index in [0.29, 0.717) is 12.5 Å². The maximum atomic E-state index is 12.5. The third-order valence-corrected chi connectivity index (χ3v) is 8.55. The van der Waals surface area contributed by atoms with Crippen LogP contribution in [0.2, 0.25) is 0 Å². The van der Waals surface area contributed by atoms with Gasteiger partial charge in [0, 0.05) is 0 Å². The Bertz CT molecular complexity index is 1130. The number of benzene rings is 2. The molecule has 170 valence electrons. The predicted molar refractivity (Wildman–Crippen MR) is 120 cm³/mol. The Balaban J connectivity index is 1.21. The Kier molecular flexibility index (Phi) is 5.50. The molecule has 6 nitrogen and oxygen atoms in total. The van der Waals surface area contributed by atoms with E-state index in [2.05, 4.69) is 23.5 Å². The fourth-order valence-corrected chi connectivity index (χ4v) is 6.33. The van der Waals surface area contributed by atoms with Crippen LogP contribution in [0, 0.1) is 12.8 Å². The highest BCUT2D eigenvalue weighted by Gasteiger charge is 2.46. The van der Waals surface area contributed by atoms with Crippen LogP contribution in [0.25, 0.3) is 0 Å². The lowest BCUT2D eigenvalue weighted by atomic mass is 9.82. The van der Waals surface area contributed by atoms with Crippen LogP contribution in [0.4, 0.5) is 4.79 Å². The molecule has 2 aliphatic carbocycles. The van der Waals surface area contributed by atoms with E-state index in [0.717, 1.165) is 44.1 Å². The number of hydrogen-bond acceptors (Lipinski definition) is 5. The van der Waals surface area contributed by atoms with Crippen molar-refractivity contribution in [3.63, 3.8) is 0 Å². The van der Waals surface area contributed by atoms with Gasteiger partial charge in [0.15, 0.2) is 0 Å². The van der Waals surface area contributed by atoms with Crippen LogP contribution in [0.3, 0.4) is 0 Å². The summed E-state index contributed by atoms with van der Waals surface area (Å²) in [6.07, 6.45) is 5.31. The first-order valence-electron chi connectivity index (χ1n) is 11.3. The second-order valence-electron chi connectivity index (χ2n) is 9.61. The van der Waals surface area contributed by atoms with E-state index in [1.54, 1.807) is 24.3 Å². The minimum atomic E-state index is -3.73. The minimum absolute atomic E-state index is 0.189. The van der Waals surface area contributed by atoms with Gasteiger partial charge in [0.05, 0.1) is 17.0 Å². The maximum absolute atomic E-state index is 12.5. The second kappa shape index (κ2) is 8.19. The Morgan fingerprint density at radius 2 is 1.94 bits per heavy atom. The normalized spacial score (nSPS) is 27.2. The number of ether oxygens (including phenoxy) is 1. The van der Waals surface area contributed by atoms with Crippen LogP contribution in [0.1, 0.15) is 53.9 Å². The first kappa shape index (κ1) is 21.5. The van der Waals surface area contributed by atoms with Crippen molar-refractivity contribution in [3.05, 3.63) is 64.7 Å². The predicted octanol–water partition coefficient (Wildman–Crippen LogP) is 4.25. The van der Waals surface area contributed by atoms with Gasteiger partial charge in [-0.25, -0.2) is 4.79 Å². The molecule has 2 fully saturated rings. The minimum Gasteiger partial charge on any atom is -0.447 e. The number of carbonyl (C=O) groups excluding carboxylic acids is 1. The van der Waals surface area contributed by atoms with Crippen molar-refractivity contribution in [2.24, 2.45) is 5.92 Å². The third-order valence-electron chi connectivity index (χ3n) is 7.26. The number of amides is 1. The summed E-state index contributed by atoms with van der Waals surface area (Å²) in [6.45, 7) is 2.61. The van der Waals surface area contributed by atoms with E-state index in [-0.39, 0.29) is 29.1 Å². The first-order valence-corrected chi connectivity index (χ1v) is 12.8. The molecule has 1 spiro atoms. The molecule has 5 rings (SSSR count). The van der Waals surface area contributed by atoms with E-state index in [1.165, 1.54) is 16.7 Å². The number of nitrogens with one attached hydrogen (secondary N) is 1. The van der Waals surface area contributed by atoms with Gasteiger partial charge < -0.3 is 10.1 Å². The molecule has 7 heteroatoms. The average Bonchev–Trinajstić information content (AvgIpc) is 3.37. The fraction of sp³-hybridized carbons (Fsp3) is 0.480. The quantitative estimate of drug-likeness (QED) is 0.682. The standard InChI is InChI=1S/C25H29NO5S/c1-17-2-8-23(9-3-17)32(28,29)31-15-18-4-5-20-13-21(7-6-19(20)12-18)22-10-11-25(14-22)16-30-24(27)26-25/h2-3,6-9,13,18,22H,4-5,10-12,14-16H2,1H3,(H,26,27)/t18-,22-,25-/m1/s1. The van der Waals surface area contributed by atoms with Gasteiger partial charge in [0.1, 0.15) is 6.61 Å². The van der Waals surface area contributed by atoms with Crippen LogP contribution in [-0.4, -0.2) is 33.3 Å². The van der Waals surface area contributed by atoms with Crippen molar-refractivity contribution in [1.82, 2.24) is 5.32 Å². The number of alkyl carbamates (subject to hydrolysis) is 1. The summed E-state index contributed by atoms with van der Waals surface area (Å²) in [5, 5.41) is 3.01. The summed E-state index contributed by atoms with van der Waals surface area (Å²) in [6, 6.07) is 13.5. The van der Waals surface area contributed by atoms with Gasteiger partial charge in [-0.05, 0) is 86.1 Å². The highest BCUT2D eigenvalue weighted by Crippen LogP contribution is 2.43. The summed E-state index contributed by atoms with van der Waals surface area (Å²) >= 11 is 0. The third kappa shape index (κ3) is 4.28. The Morgan fingerprint density at radius 3 is 2.69 bits per heavy atom. The van der Waals surface area contributed by atoms with Crippen molar-refractivity contribution in [2.45, 2.75) is 61.8 Å². The molecule has 2 aromatic rings. The number of aryl methyl sites for hydroxylation is 2. The number of carbonyl (C=O) groups is 1. The zero-order valence-electron chi connectivity index (χ0n) is 18.3. The zero-order valence-corrected chi connectivity index (χ0v) is 19.1. The topological polar surface area (TPSA) is 81.7 Å². The summed E-state index contributed by atoms with van der Waals surface area (Å²) < 4.78 is 35.5. The van der Waals surface area contributed by atoms with Gasteiger partial charge in [-0.15, -0.1) is 0 Å². The van der Waals surface area contributed by atoms with Crippen LogP contribution >= 0.6 is 0 Å². The van der Waals surface area contributed by atoms with E-state index in [4.69, 9.17) is 8.92 Å². The van der Waals surface area contributed by atoms with Crippen molar-refractivity contribution in [2.75, 3.05) is 13.2 Å². The van der Waals surface area contributed by atoms with Gasteiger partial charge >= 0.3 is 6.09 Å². The molecular formula is C25H29NO5S. The molecule has 2 aromatic carbocycles. The van der Waals surface area contributed by atoms with Crippen molar-refractivity contribution in [3.8, 4) is 0 Å². The van der Waals surface area contributed by atoms with Crippen LogP contribution in [0.15, 0.2) is 47.4 Å². The zero-order chi connectivity index (χ0) is 22.3. The molecule has 0 aromatic heterocycles. The second-order valence-corrected chi connectivity index (χ2v) is 11.2. The summed E-state index contributed by atoms with van der Waals surface area (Å²) in [5.41, 5.74) is 4.79. The molecule has 1 heterocycles. The smallest absolute Gasteiger partial charge is 0.407 e. The Labute approximate surface area is 189 Å². The van der Waals surface area contributed by atoms with Gasteiger partial charge in [0.25, 0.3) is 10.1 Å². The lowest BCUT2D eigenvalue weighted by Gasteiger charge is -2.26. The molecule has 0 radical (unpaired) electrons. The molecule has 1 N–H and O–H groups in total. The summed E-state index contributed by atoms with van der Waals surface area (Å²) in [5.74, 6) is 0.622.